The zero-order valence-corrected chi connectivity index (χ0v) is 10.7. The van der Waals surface area contributed by atoms with Crippen LogP contribution in [-0.2, 0) is 4.57 Å². The Hall–Kier alpha value is 0.150. The molecule has 0 saturated heterocycles. The van der Waals surface area contributed by atoms with Crippen LogP contribution in [0.25, 0.3) is 0 Å². The van der Waals surface area contributed by atoms with Crippen LogP contribution in [0, 0.1) is 17.8 Å². The van der Waals surface area contributed by atoms with Crippen molar-refractivity contribution in [3.63, 3.8) is 0 Å². The van der Waals surface area contributed by atoms with Gasteiger partial charge in [-0.1, -0.05) is 51.4 Å². The molecule has 4 heteroatoms. The number of rotatable bonds is 4. The van der Waals surface area contributed by atoms with Gasteiger partial charge in [0.25, 0.3) is 0 Å². The Morgan fingerprint density at radius 3 is 1.62 bits per heavy atom. The lowest BCUT2D eigenvalue weighted by Crippen LogP contribution is -2.24. The maximum absolute atomic E-state index is 11.2. The second kappa shape index (κ2) is 5.20. The van der Waals surface area contributed by atoms with Gasteiger partial charge in [-0.3, -0.25) is 4.57 Å². The van der Waals surface area contributed by atoms with Crippen molar-refractivity contribution in [3.05, 3.63) is 0 Å². The third kappa shape index (κ3) is 3.32. The summed E-state index contributed by atoms with van der Waals surface area (Å²) in [5.74, 6) is 1.48. The van der Waals surface area contributed by atoms with Crippen molar-refractivity contribution in [1.29, 1.82) is 0 Å². The minimum atomic E-state index is -3.83. The van der Waals surface area contributed by atoms with Gasteiger partial charge in [0.1, 0.15) is 0 Å². The monoisotopic (exact) mass is 246 g/mol. The first-order chi connectivity index (χ1) is 7.56. The smallest absolute Gasteiger partial charge is 0.324 e. The molecule has 2 aliphatic carbocycles. The number of hydrogen-bond acceptors (Lipinski definition) is 1. The number of hydrogen-bond donors (Lipinski definition) is 2. The molecule has 0 aromatic carbocycles. The first kappa shape index (κ1) is 12.6. The maximum Gasteiger partial charge on any atom is 0.325 e. The van der Waals surface area contributed by atoms with Crippen molar-refractivity contribution in [2.75, 3.05) is 6.16 Å². The second-order valence-corrected chi connectivity index (χ2v) is 7.29. The Kier molecular flexibility index (Phi) is 4.10. The van der Waals surface area contributed by atoms with E-state index in [4.69, 9.17) is 0 Å². The largest absolute Gasteiger partial charge is 0.325 e. The molecule has 2 rings (SSSR count). The summed E-state index contributed by atoms with van der Waals surface area (Å²) in [6, 6.07) is 0. The van der Waals surface area contributed by atoms with Gasteiger partial charge in [-0.25, -0.2) is 0 Å². The Morgan fingerprint density at radius 2 is 1.31 bits per heavy atom. The summed E-state index contributed by atoms with van der Waals surface area (Å²) >= 11 is 0. The van der Waals surface area contributed by atoms with E-state index in [-0.39, 0.29) is 6.16 Å². The normalized spacial score (nSPS) is 24.7. The highest BCUT2D eigenvalue weighted by Crippen LogP contribution is 2.48. The van der Waals surface area contributed by atoms with Crippen LogP contribution >= 0.6 is 7.60 Å². The molecule has 94 valence electrons. The molecule has 0 amide bonds. The summed E-state index contributed by atoms with van der Waals surface area (Å²) in [6.07, 6.45) is 9.96. The van der Waals surface area contributed by atoms with Gasteiger partial charge < -0.3 is 9.79 Å². The van der Waals surface area contributed by atoms with Gasteiger partial charge in [-0.15, -0.1) is 0 Å². The average molecular weight is 246 g/mol. The lowest BCUT2D eigenvalue weighted by Gasteiger charge is -2.29. The third-order valence-electron chi connectivity index (χ3n) is 4.46. The van der Waals surface area contributed by atoms with Gasteiger partial charge in [-0.2, -0.15) is 0 Å². The van der Waals surface area contributed by atoms with Gasteiger partial charge in [0.15, 0.2) is 0 Å². The molecular formula is C12H23O3P. The average Bonchev–Trinajstić information content (AvgIpc) is 2.86. The van der Waals surface area contributed by atoms with Crippen LogP contribution in [0.3, 0.4) is 0 Å². The molecule has 0 radical (unpaired) electrons. The quantitative estimate of drug-likeness (QED) is 0.749. The van der Waals surface area contributed by atoms with E-state index in [9.17, 15) is 14.4 Å². The predicted octanol–water partition coefficient (Wildman–Crippen LogP) is 3.16. The fourth-order valence-electron chi connectivity index (χ4n) is 3.73. The van der Waals surface area contributed by atoms with Crippen molar-refractivity contribution < 1.29 is 14.4 Å². The SMILES string of the molecule is O=P(O)(O)CC(C1CCCC1)C1CCCC1. The molecular weight excluding hydrogens is 223 g/mol. The summed E-state index contributed by atoms with van der Waals surface area (Å²) < 4.78 is 11.2. The van der Waals surface area contributed by atoms with E-state index in [1.165, 1.54) is 51.4 Å². The lowest BCUT2D eigenvalue weighted by molar-refractivity contribution is 0.240. The third-order valence-corrected chi connectivity index (χ3v) is 5.36. The highest BCUT2D eigenvalue weighted by atomic mass is 31.2. The van der Waals surface area contributed by atoms with E-state index >= 15 is 0 Å². The van der Waals surface area contributed by atoms with Crippen molar-refractivity contribution in [1.82, 2.24) is 0 Å². The van der Waals surface area contributed by atoms with Crippen LogP contribution in [0.5, 0.6) is 0 Å². The highest BCUT2D eigenvalue weighted by molar-refractivity contribution is 7.51. The van der Waals surface area contributed by atoms with E-state index < -0.39 is 7.60 Å². The van der Waals surface area contributed by atoms with Gasteiger partial charge in [0, 0.05) is 0 Å². The molecule has 0 aromatic rings. The molecule has 0 aromatic heterocycles. The van der Waals surface area contributed by atoms with E-state index in [1.54, 1.807) is 0 Å². The van der Waals surface area contributed by atoms with Crippen LogP contribution < -0.4 is 0 Å². The first-order valence-electron chi connectivity index (χ1n) is 6.61. The Labute approximate surface area is 97.8 Å². The van der Waals surface area contributed by atoms with Crippen LogP contribution in [0.4, 0.5) is 0 Å². The Bertz CT molecular complexity index is 245. The zero-order valence-electron chi connectivity index (χ0n) is 9.85. The fraction of sp³-hybridized carbons (Fsp3) is 1.00. The molecule has 2 N–H and O–H groups in total. The minimum absolute atomic E-state index is 0.141. The molecule has 0 atom stereocenters. The highest BCUT2D eigenvalue weighted by Gasteiger charge is 2.36. The van der Waals surface area contributed by atoms with Crippen LogP contribution in [0.1, 0.15) is 51.4 Å². The van der Waals surface area contributed by atoms with Crippen molar-refractivity contribution in [3.8, 4) is 0 Å². The Morgan fingerprint density at radius 1 is 0.938 bits per heavy atom. The summed E-state index contributed by atoms with van der Waals surface area (Å²) in [5.41, 5.74) is 0. The van der Waals surface area contributed by atoms with E-state index in [1.807, 2.05) is 0 Å². The van der Waals surface area contributed by atoms with Gasteiger partial charge in [-0.05, 0) is 17.8 Å². The molecule has 0 heterocycles. The standard InChI is InChI=1S/C12H23O3P/c13-16(14,15)9-12(10-5-1-2-6-10)11-7-3-4-8-11/h10-12H,1-9H2,(H2,13,14,15). The summed E-state index contributed by atoms with van der Waals surface area (Å²) in [6.45, 7) is 0. The van der Waals surface area contributed by atoms with E-state index in [2.05, 4.69) is 0 Å². The van der Waals surface area contributed by atoms with Crippen molar-refractivity contribution >= 4 is 7.60 Å². The summed E-state index contributed by atoms with van der Waals surface area (Å²) in [7, 11) is -3.83. The molecule has 2 fully saturated rings. The van der Waals surface area contributed by atoms with Gasteiger partial charge >= 0.3 is 7.60 Å². The molecule has 2 aliphatic rings. The molecule has 0 aliphatic heterocycles. The lowest BCUT2D eigenvalue weighted by atomic mass is 9.81. The zero-order chi connectivity index (χ0) is 11.6. The van der Waals surface area contributed by atoms with Crippen molar-refractivity contribution in [2.45, 2.75) is 51.4 Å². The summed E-state index contributed by atoms with van der Waals surface area (Å²) in [4.78, 5) is 18.4. The molecule has 0 unspecified atom stereocenters. The topological polar surface area (TPSA) is 57.5 Å². The van der Waals surface area contributed by atoms with Crippen LogP contribution in [0.2, 0.25) is 0 Å². The first-order valence-corrected chi connectivity index (χ1v) is 8.40. The molecule has 0 spiro atoms. The van der Waals surface area contributed by atoms with Crippen LogP contribution in [0.15, 0.2) is 0 Å². The molecule has 2 saturated carbocycles. The predicted molar refractivity (Wildman–Crippen MR) is 64.3 cm³/mol. The molecule has 3 nitrogen and oxygen atoms in total. The molecule has 16 heavy (non-hydrogen) atoms. The summed E-state index contributed by atoms with van der Waals surface area (Å²) in [5, 5.41) is 0. The van der Waals surface area contributed by atoms with Gasteiger partial charge in [0.05, 0.1) is 6.16 Å². The molecule has 0 bridgehead atoms. The van der Waals surface area contributed by atoms with E-state index in [0.29, 0.717) is 17.8 Å². The second-order valence-electron chi connectivity index (χ2n) is 5.60. The minimum Gasteiger partial charge on any atom is -0.324 e. The van der Waals surface area contributed by atoms with Crippen molar-refractivity contribution in [2.24, 2.45) is 17.8 Å². The maximum atomic E-state index is 11.2. The van der Waals surface area contributed by atoms with Gasteiger partial charge in [0.2, 0.25) is 0 Å². The van der Waals surface area contributed by atoms with Crippen LogP contribution in [-0.4, -0.2) is 15.9 Å². The fourth-order valence-corrected chi connectivity index (χ4v) is 4.87. The Balaban J connectivity index is 2.02. The van der Waals surface area contributed by atoms with E-state index in [0.717, 1.165) is 0 Å².